The molecule has 0 rings (SSSR count). The van der Waals surface area contributed by atoms with Gasteiger partial charge in [-0.3, -0.25) is 9.59 Å². The molecule has 2 amide bonds. The molecule has 0 spiro atoms. The van der Waals surface area contributed by atoms with Crippen molar-refractivity contribution in [1.82, 2.24) is 10.0 Å². The van der Waals surface area contributed by atoms with Gasteiger partial charge < -0.3 is 0 Å². The summed E-state index contributed by atoms with van der Waals surface area (Å²) in [6.45, 7) is 3.32. The highest BCUT2D eigenvalue weighted by atomic mass is 16.3. The fraction of sp³-hybridized carbons (Fsp3) is 0.833. The molecule has 0 aliphatic rings. The Kier molecular flexibility index (Phi) is 9.98. The lowest BCUT2D eigenvalue weighted by Gasteiger charge is -2.11. The smallest absolute Gasteiger partial charge is 0.242 e. The Morgan fingerprint density at radius 2 is 1.00 bits per heavy atom. The number of hydrogen-bond acceptors (Lipinski definition) is 6. The first-order valence-corrected chi connectivity index (χ1v) is 6.75. The molecular weight excluding hydrogens is 264 g/mol. The van der Waals surface area contributed by atoms with E-state index >= 15 is 0 Å². The molecule has 0 aliphatic carbocycles. The van der Waals surface area contributed by atoms with Crippen LogP contribution in [-0.2, 0) is 9.59 Å². The van der Waals surface area contributed by atoms with Crippen LogP contribution in [-0.4, -0.2) is 34.9 Å². The van der Waals surface area contributed by atoms with Gasteiger partial charge in [0.05, 0.1) is 10.6 Å². The topological polar surface area (TPSA) is 99.5 Å². The lowest BCUT2D eigenvalue weighted by atomic mass is 10.1. The number of hydrogen-bond donors (Lipinski definition) is 0. The summed E-state index contributed by atoms with van der Waals surface area (Å²) in [5, 5.41) is 7.11. The zero-order valence-electron chi connectivity index (χ0n) is 12.1. The Balaban J connectivity index is 3.49. The van der Waals surface area contributed by atoms with E-state index in [4.69, 9.17) is 0 Å². The van der Waals surface area contributed by atoms with Crippen LogP contribution in [0, 0.1) is 9.81 Å². The largest absolute Gasteiger partial charge is 0.273 e. The molecule has 0 aliphatic heterocycles. The molecule has 0 saturated carbocycles. The predicted octanol–water partition coefficient (Wildman–Crippen LogP) is 2.39. The summed E-state index contributed by atoms with van der Waals surface area (Å²) in [6.07, 6.45) is 5.23. The third-order valence-electron chi connectivity index (χ3n) is 2.91. The first-order chi connectivity index (χ1) is 9.52. The highest BCUT2D eigenvalue weighted by Gasteiger charge is 2.08. The van der Waals surface area contributed by atoms with E-state index in [-0.39, 0.29) is 11.8 Å². The number of carbonyl (C=O) groups excluding carboxylic acids is 2. The molecule has 0 fully saturated rings. The number of carbonyl (C=O) groups is 2. The second kappa shape index (κ2) is 11.0. The lowest BCUT2D eigenvalue weighted by Crippen LogP contribution is -2.23. The van der Waals surface area contributed by atoms with Gasteiger partial charge in [-0.05, 0) is 12.8 Å². The van der Waals surface area contributed by atoms with E-state index in [1.165, 1.54) is 13.8 Å². The molecule has 8 nitrogen and oxygen atoms in total. The lowest BCUT2D eigenvalue weighted by molar-refractivity contribution is -0.129. The monoisotopic (exact) mass is 286 g/mol. The van der Waals surface area contributed by atoms with Crippen molar-refractivity contribution in [3.05, 3.63) is 9.81 Å². The molecule has 0 heterocycles. The van der Waals surface area contributed by atoms with Gasteiger partial charge in [0.25, 0.3) is 0 Å². The molecular formula is C12H22N4O4. The Bertz CT molecular complexity index is 303. The summed E-state index contributed by atoms with van der Waals surface area (Å²) >= 11 is 0. The summed E-state index contributed by atoms with van der Waals surface area (Å²) in [6, 6.07) is 0. The van der Waals surface area contributed by atoms with Crippen LogP contribution in [0.3, 0.4) is 0 Å². The van der Waals surface area contributed by atoms with Crippen LogP contribution in [0.25, 0.3) is 0 Å². The van der Waals surface area contributed by atoms with Gasteiger partial charge in [0.15, 0.2) is 0 Å². The Morgan fingerprint density at radius 3 is 1.25 bits per heavy atom. The summed E-state index contributed by atoms with van der Waals surface area (Å²) in [5.74, 6) is -0.684. The van der Waals surface area contributed by atoms with E-state index in [1.807, 2.05) is 0 Å². The molecule has 0 N–H and O–H groups in total. The van der Waals surface area contributed by atoms with Crippen molar-refractivity contribution in [2.24, 2.45) is 10.6 Å². The standard InChI is InChI=1S/C12H22N4O4/c1-11(17)15(13-19)9-7-5-3-4-6-8-10-16(14-20)12(2)18/h3-10H2,1-2H3. The Labute approximate surface area is 118 Å². The molecule has 0 aromatic heterocycles. The number of nitrogens with zero attached hydrogens (tertiary/aromatic N) is 4. The van der Waals surface area contributed by atoms with Gasteiger partial charge in [0, 0.05) is 26.9 Å². The quantitative estimate of drug-likeness (QED) is 0.330. The molecule has 0 atom stereocenters. The van der Waals surface area contributed by atoms with Crippen LogP contribution in [0.2, 0.25) is 0 Å². The molecule has 0 radical (unpaired) electrons. The van der Waals surface area contributed by atoms with Crippen molar-refractivity contribution in [3.8, 4) is 0 Å². The predicted molar refractivity (Wildman–Crippen MR) is 74.1 cm³/mol. The van der Waals surface area contributed by atoms with Crippen molar-refractivity contribution >= 4 is 11.8 Å². The minimum absolute atomic E-state index is 0.342. The molecule has 0 bridgehead atoms. The number of amides is 2. The first-order valence-electron chi connectivity index (χ1n) is 6.75. The fourth-order valence-electron chi connectivity index (χ4n) is 1.74. The van der Waals surface area contributed by atoms with E-state index < -0.39 is 0 Å². The summed E-state index contributed by atoms with van der Waals surface area (Å²) in [4.78, 5) is 42.4. The molecule has 20 heavy (non-hydrogen) atoms. The number of rotatable bonds is 11. The average molecular weight is 286 g/mol. The number of unbranched alkanes of at least 4 members (excludes halogenated alkanes) is 5. The second-order valence-electron chi connectivity index (χ2n) is 4.57. The van der Waals surface area contributed by atoms with Crippen LogP contribution >= 0.6 is 0 Å². The normalized spacial score (nSPS) is 9.90. The van der Waals surface area contributed by atoms with E-state index in [9.17, 15) is 19.4 Å². The van der Waals surface area contributed by atoms with E-state index in [0.29, 0.717) is 13.1 Å². The van der Waals surface area contributed by atoms with Crippen molar-refractivity contribution < 1.29 is 9.59 Å². The van der Waals surface area contributed by atoms with E-state index in [2.05, 4.69) is 10.6 Å². The van der Waals surface area contributed by atoms with Crippen LogP contribution in [0.1, 0.15) is 52.4 Å². The van der Waals surface area contributed by atoms with E-state index in [0.717, 1.165) is 48.5 Å². The Hall–Kier alpha value is -1.86. The maximum absolute atomic E-state index is 10.9. The van der Waals surface area contributed by atoms with Crippen LogP contribution < -0.4 is 0 Å². The summed E-state index contributed by atoms with van der Waals surface area (Å²) in [5.41, 5.74) is 0. The van der Waals surface area contributed by atoms with Gasteiger partial charge in [0.1, 0.15) is 0 Å². The summed E-state index contributed by atoms with van der Waals surface area (Å²) in [7, 11) is 0. The first kappa shape index (κ1) is 18.1. The number of nitroso groups, excluding NO2 is 2. The zero-order chi connectivity index (χ0) is 15.4. The van der Waals surface area contributed by atoms with Crippen LogP contribution in [0.5, 0.6) is 0 Å². The molecule has 0 aromatic carbocycles. The minimum Gasteiger partial charge on any atom is -0.273 e. The molecule has 0 aromatic rings. The van der Waals surface area contributed by atoms with Gasteiger partial charge in [-0.15, -0.1) is 9.81 Å². The maximum Gasteiger partial charge on any atom is 0.242 e. The highest BCUT2D eigenvalue weighted by molar-refractivity contribution is 5.72. The third-order valence-corrected chi connectivity index (χ3v) is 2.91. The Morgan fingerprint density at radius 1 is 0.700 bits per heavy atom. The molecule has 0 unspecified atom stereocenters. The van der Waals surface area contributed by atoms with Crippen molar-refractivity contribution in [1.29, 1.82) is 0 Å². The molecule has 8 heteroatoms. The van der Waals surface area contributed by atoms with Gasteiger partial charge >= 0.3 is 0 Å². The van der Waals surface area contributed by atoms with Crippen molar-refractivity contribution in [2.45, 2.75) is 52.4 Å². The van der Waals surface area contributed by atoms with Gasteiger partial charge in [-0.2, -0.15) is 10.0 Å². The average Bonchev–Trinajstić information content (AvgIpc) is 2.40. The highest BCUT2D eigenvalue weighted by Crippen LogP contribution is 2.07. The van der Waals surface area contributed by atoms with E-state index in [1.54, 1.807) is 0 Å². The third kappa shape index (κ3) is 8.28. The van der Waals surface area contributed by atoms with Crippen molar-refractivity contribution in [2.75, 3.05) is 13.1 Å². The van der Waals surface area contributed by atoms with Crippen molar-refractivity contribution in [3.63, 3.8) is 0 Å². The van der Waals surface area contributed by atoms with Gasteiger partial charge in [-0.1, -0.05) is 25.7 Å². The summed E-state index contributed by atoms with van der Waals surface area (Å²) < 4.78 is 0. The maximum atomic E-state index is 10.9. The minimum atomic E-state index is -0.342. The molecule has 114 valence electrons. The second-order valence-corrected chi connectivity index (χ2v) is 4.57. The fourth-order valence-corrected chi connectivity index (χ4v) is 1.74. The molecule has 0 saturated heterocycles. The van der Waals surface area contributed by atoms with Gasteiger partial charge in [0.2, 0.25) is 11.8 Å². The van der Waals surface area contributed by atoms with Crippen LogP contribution in [0.4, 0.5) is 0 Å². The van der Waals surface area contributed by atoms with Crippen LogP contribution in [0.15, 0.2) is 10.6 Å². The SMILES string of the molecule is CC(=O)N(CCCCCCCCN(N=O)C(C)=O)N=O. The van der Waals surface area contributed by atoms with Gasteiger partial charge in [-0.25, -0.2) is 0 Å². The zero-order valence-corrected chi connectivity index (χ0v) is 12.1.